The summed E-state index contributed by atoms with van der Waals surface area (Å²) in [5.41, 5.74) is 1.12. The Hall–Kier alpha value is -1.38. The molecule has 1 aromatic rings. The number of ketones is 1. The van der Waals surface area contributed by atoms with Crippen LogP contribution in [0.3, 0.4) is 0 Å². The summed E-state index contributed by atoms with van der Waals surface area (Å²) in [6.45, 7) is 4.25. The SMILES string of the molecule is Cn1ccnc1C1=CC(=O)CC(C)(C)C1. The van der Waals surface area contributed by atoms with Crippen molar-refractivity contribution in [3.05, 3.63) is 24.3 Å². The van der Waals surface area contributed by atoms with E-state index in [2.05, 4.69) is 18.8 Å². The van der Waals surface area contributed by atoms with Gasteiger partial charge in [0.25, 0.3) is 0 Å². The molecule has 0 unspecified atom stereocenters. The van der Waals surface area contributed by atoms with Crippen molar-refractivity contribution < 1.29 is 4.79 Å². The van der Waals surface area contributed by atoms with Crippen molar-refractivity contribution >= 4 is 11.4 Å². The van der Waals surface area contributed by atoms with E-state index >= 15 is 0 Å². The predicted octanol–water partition coefficient (Wildman–Crippen LogP) is 2.19. The van der Waals surface area contributed by atoms with Crippen LogP contribution in [0.1, 0.15) is 32.5 Å². The van der Waals surface area contributed by atoms with E-state index in [0.29, 0.717) is 6.42 Å². The van der Waals surface area contributed by atoms with E-state index in [9.17, 15) is 4.79 Å². The highest BCUT2D eigenvalue weighted by molar-refractivity contribution is 5.98. The molecule has 1 heterocycles. The molecule has 0 saturated carbocycles. The molecule has 0 spiro atoms. The zero-order valence-electron chi connectivity index (χ0n) is 9.45. The van der Waals surface area contributed by atoms with Gasteiger partial charge in [0.1, 0.15) is 5.82 Å². The molecule has 3 heteroatoms. The maximum Gasteiger partial charge on any atom is 0.156 e. The predicted molar refractivity (Wildman–Crippen MR) is 59.2 cm³/mol. The first-order valence-electron chi connectivity index (χ1n) is 5.19. The maximum absolute atomic E-state index is 11.6. The average Bonchev–Trinajstić information content (AvgIpc) is 2.47. The van der Waals surface area contributed by atoms with E-state index in [1.54, 1.807) is 12.3 Å². The Kier molecular flexibility index (Phi) is 2.25. The first-order valence-corrected chi connectivity index (χ1v) is 5.19. The Morgan fingerprint density at radius 2 is 2.13 bits per heavy atom. The summed E-state index contributed by atoms with van der Waals surface area (Å²) in [6, 6.07) is 0. The van der Waals surface area contributed by atoms with Crippen molar-refractivity contribution in [1.82, 2.24) is 9.55 Å². The number of aryl methyl sites for hydroxylation is 1. The number of nitrogens with zero attached hydrogens (tertiary/aromatic N) is 2. The number of aromatic nitrogens is 2. The van der Waals surface area contributed by atoms with Crippen molar-refractivity contribution in [1.29, 1.82) is 0 Å². The lowest BCUT2D eigenvalue weighted by atomic mass is 9.76. The zero-order valence-corrected chi connectivity index (χ0v) is 9.45. The van der Waals surface area contributed by atoms with Crippen LogP contribution in [0.25, 0.3) is 5.57 Å². The summed E-state index contributed by atoms with van der Waals surface area (Å²) < 4.78 is 1.96. The van der Waals surface area contributed by atoms with Crippen LogP contribution in [0.5, 0.6) is 0 Å². The number of carbonyl (C=O) groups is 1. The molecular formula is C12H16N2O. The van der Waals surface area contributed by atoms with Crippen molar-refractivity contribution in [2.75, 3.05) is 0 Å². The third-order valence-electron chi connectivity index (χ3n) is 2.77. The van der Waals surface area contributed by atoms with Crippen LogP contribution >= 0.6 is 0 Å². The van der Waals surface area contributed by atoms with Crippen LogP contribution in [0, 0.1) is 5.41 Å². The third-order valence-corrected chi connectivity index (χ3v) is 2.77. The number of rotatable bonds is 1. The van der Waals surface area contributed by atoms with E-state index in [1.807, 2.05) is 17.8 Å². The molecule has 0 fully saturated rings. The number of hydrogen-bond donors (Lipinski definition) is 0. The van der Waals surface area contributed by atoms with Gasteiger partial charge >= 0.3 is 0 Å². The fourth-order valence-corrected chi connectivity index (χ4v) is 2.16. The van der Waals surface area contributed by atoms with E-state index in [0.717, 1.165) is 17.8 Å². The van der Waals surface area contributed by atoms with Gasteiger partial charge in [0, 0.05) is 25.9 Å². The Bertz CT molecular complexity index is 427. The van der Waals surface area contributed by atoms with Crippen LogP contribution in [0.4, 0.5) is 0 Å². The van der Waals surface area contributed by atoms with Gasteiger partial charge in [-0.05, 0) is 23.5 Å². The summed E-state index contributed by atoms with van der Waals surface area (Å²) in [7, 11) is 1.95. The molecule has 0 amide bonds. The number of carbonyl (C=O) groups excluding carboxylic acids is 1. The van der Waals surface area contributed by atoms with Gasteiger partial charge in [-0.3, -0.25) is 4.79 Å². The molecule has 0 atom stereocenters. The van der Waals surface area contributed by atoms with E-state index in [1.165, 1.54) is 0 Å². The highest BCUT2D eigenvalue weighted by Crippen LogP contribution is 2.37. The summed E-state index contributed by atoms with van der Waals surface area (Å²) in [4.78, 5) is 15.9. The molecule has 0 aliphatic heterocycles. The van der Waals surface area contributed by atoms with Crippen LogP contribution in [0.15, 0.2) is 18.5 Å². The van der Waals surface area contributed by atoms with Gasteiger partial charge < -0.3 is 4.57 Å². The second-order valence-corrected chi connectivity index (χ2v) is 5.02. The van der Waals surface area contributed by atoms with Crippen molar-refractivity contribution in [3.63, 3.8) is 0 Å². The van der Waals surface area contributed by atoms with Gasteiger partial charge in [-0.15, -0.1) is 0 Å². The molecule has 0 radical (unpaired) electrons. The lowest BCUT2D eigenvalue weighted by molar-refractivity contribution is -0.116. The smallest absolute Gasteiger partial charge is 0.156 e. The summed E-state index contributed by atoms with van der Waals surface area (Å²) >= 11 is 0. The van der Waals surface area contributed by atoms with E-state index < -0.39 is 0 Å². The standard InChI is InChI=1S/C12H16N2O/c1-12(2)7-9(6-10(15)8-12)11-13-4-5-14(11)3/h4-6H,7-8H2,1-3H3. The fraction of sp³-hybridized carbons (Fsp3) is 0.500. The lowest BCUT2D eigenvalue weighted by Gasteiger charge is -2.28. The fourth-order valence-electron chi connectivity index (χ4n) is 2.16. The highest BCUT2D eigenvalue weighted by Gasteiger charge is 2.29. The second kappa shape index (κ2) is 3.33. The molecule has 0 saturated heterocycles. The minimum Gasteiger partial charge on any atom is -0.334 e. The zero-order chi connectivity index (χ0) is 11.1. The van der Waals surface area contributed by atoms with Crippen molar-refractivity contribution in [3.8, 4) is 0 Å². The topological polar surface area (TPSA) is 34.9 Å². The van der Waals surface area contributed by atoms with Crippen LogP contribution in [-0.2, 0) is 11.8 Å². The van der Waals surface area contributed by atoms with Crippen molar-refractivity contribution in [2.45, 2.75) is 26.7 Å². The van der Waals surface area contributed by atoms with Gasteiger partial charge in [0.05, 0.1) is 0 Å². The minimum atomic E-state index is 0.0626. The average molecular weight is 204 g/mol. The molecular weight excluding hydrogens is 188 g/mol. The number of imidazole rings is 1. The first kappa shape index (κ1) is 10.1. The largest absolute Gasteiger partial charge is 0.334 e. The Balaban J connectivity index is 2.38. The molecule has 1 aliphatic rings. The van der Waals surface area contributed by atoms with Crippen molar-refractivity contribution in [2.24, 2.45) is 12.5 Å². The van der Waals surface area contributed by atoms with Crippen LogP contribution in [-0.4, -0.2) is 15.3 Å². The van der Waals surface area contributed by atoms with Gasteiger partial charge in [0.15, 0.2) is 5.78 Å². The van der Waals surface area contributed by atoms with Gasteiger partial charge in [-0.1, -0.05) is 13.8 Å². The molecule has 1 aromatic heterocycles. The molecule has 2 rings (SSSR count). The normalized spacial score (nSPS) is 20.2. The second-order valence-electron chi connectivity index (χ2n) is 5.02. The number of allylic oxidation sites excluding steroid dienone is 2. The Labute approximate surface area is 89.8 Å². The lowest BCUT2D eigenvalue weighted by Crippen LogP contribution is -2.22. The van der Waals surface area contributed by atoms with Gasteiger partial charge in [-0.2, -0.15) is 0 Å². The molecule has 0 bridgehead atoms. The van der Waals surface area contributed by atoms with E-state index in [-0.39, 0.29) is 11.2 Å². The third kappa shape index (κ3) is 2.01. The molecule has 80 valence electrons. The Morgan fingerprint density at radius 1 is 1.40 bits per heavy atom. The van der Waals surface area contributed by atoms with Crippen LogP contribution in [0.2, 0.25) is 0 Å². The molecule has 1 aliphatic carbocycles. The molecule has 3 nitrogen and oxygen atoms in total. The Morgan fingerprint density at radius 3 is 2.67 bits per heavy atom. The monoisotopic (exact) mass is 204 g/mol. The summed E-state index contributed by atoms with van der Waals surface area (Å²) in [5.74, 6) is 1.13. The quantitative estimate of drug-likeness (QED) is 0.702. The summed E-state index contributed by atoms with van der Waals surface area (Å²) in [6.07, 6.45) is 6.97. The first-order chi connectivity index (χ1) is 6.98. The molecule has 0 N–H and O–H groups in total. The minimum absolute atomic E-state index is 0.0626. The summed E-state index contributed by atoms with van der Waals surface area (Å²) in [5, 5.41) is 0. The maximum atomic E-state index is 11.6. The number of hydrogen-bond acceptors (Lipinski definition) is 2. The van der Waals surface area contributed by atoms with Gasteiger partial charge in [-0.25, -0.2) is 4.98 Å². The highest BCUT2D eigenvalue weighted by atomic mass is 16.1. The van der Waals surface area contributed by atoms with E-state index in [4.69, 9.17) is 0 Å². The van der Waals surface area contributed by atoms with Gasteiger partial charge in [0.2, 0.25) is 0 Å². The molecule has 0 aromatic carbocycles. The molecule has 15 heavy (non-hydrogen) atoms. The van der Waals surface area contributed by atoms with Crippen LogP contribution < -0.4 is 0 Å².